The Hall–Kier alpha value is -3.60. The number of hydrogen-bond acceptors (Lipinski definition) is 5. The SMILES string of the molecule is COc1cc(C2Nc3ccc(OCCOc4ccccc4)cc3C3C=CCC32)ccc1O. The van der Waals surface area contributed by atoms with E-state index in [1.54, 1.807) is 13.2 Å². The van der Waals surface area contributed by atoms with Gasteiger partial charge in [-0.25, -0.2) is 0 Å². The minimum absolute atomic E-state index is 0.142. The highest BCUT2D eigenvalue weighted by molar-refractivity contribution is 5.62. The standard InChI is InChI=1S/C27H27NO4/c1-30-26-16-18(10-13-25(26)29)27-22-9-5-8-21(22)23-17-20(11-12-24(23)28-27)32-15-14-31-19-6-3-2-4-7-19/h2-8,10-13,16-17,21-22,27-29H,9,14-15H2,1H3. The summed E-state index contributed by atoms with van der Waals surface area (Å²) in [5.74, 6) is 3.08. The Kier molecular flexibility index (Phi) is 5.63. The van der Waals surface area contributed by atoms with Crippen LogP contribution in [0.15, 0.2) is 78.9 Å². The molecule has 32 heavy (non-hydrogen) atoms. The first-order valence-corrected chi connectivity index (χ1v) is 11.0. The molecule has 3 aromatic carbocycles. The van der Waals surface area contributed by atoms with Gasteiger partial charge in [0.05, 0.1) is 13.2 Å². The van der Waals surface area contributed by atoms with Gasteiger partial charge in [-0.15, -0.1) is 0 Å². The van der Waals surface area contributed by atoms with Crippen molar-refractivity contribution in [3.05, 3.63) is 90.0 Å². The van der Waals surface area contributed by atoms with Gasteiger partial charge in [-0.3, -0.25) is 0 Å². The largest absolute Gasteiger partial charge is 0.504 e. The Balaban J connectivity index is 1.31. The van der Waals surface area contributed by atoms with Crippen molar-refractivity contribution in [2.75, 3.05) is 25.6 Å². The van der Waals surface area contributed by atoms with Crippen molar-refractivity contribution in [2.45, 2.75) is 18.4 Å². The van der Waals surface area contributed by atoms with Crippen molar-refractivity contribution < 1.29 is 19.3 Å². The number of phenols is 1. The lowest BCUT2D eigenvalue weighted by molar-refractivity contribution is 0.217. The number of phenolic OH excluding ortho intramolecular Hbond substituents is 1. The van der Waals surface area contributed by atoms with Crippen LogP contribution in [0, 0.1) is 5.92 Å². The molecule has 1 heterocycles. The highest BCUT2D eigenvalue weighted by Gasteiger charge is 2.38. The zero-order chi connectivity index (χ0) is 21.9. The van der Waals surface area contributed by atoms with Crippen LogP contribution in [-0.2, 0) is 0 Å². The third-order valence-corrected chi connectivity index (χ3v) is 6.26. The lowest BCUT2D eigenvalue weighted by Crippen LogP contribution is -2.29. The Bertz CT molecular complexity index is 1110. The van der Waals surface area contributed by atoms with Gasteiger partial charge in [-0.05, 0) is 65.9 Å². The summed E-state index contributed by atoms with van der Waals surface area (Å²) in [6, 6.07) is 21.8. The fraction of sp³-hybridized carbons (Fsp3) is 0.259. The first-order chi connectivity index (χ1) is 15.7. The molecule has 0 saturated heterocycles. The quantitative estimate of drug-likeness (QED) is 0.373. The first kappa shape index (κ1) is 20.3. The van der Waals surface area contributed by atoms with Crippen molar-refractivity contribution in [3.63, 3.8) is 0 Å². The summed E-state index contributed by atoms with van der Waals surface area (Å²) in [6.45, 7) is 0.983. The maximum absolute atomic E-state index is 9.98. The van der Waals surface area contributed by atoms with Gasteiger partial charge in [0.1, 0.15) is 24.7 Å². The molecule has 0 radical (unpaired) electrons. The topological polar surface area (TPSA) is 60.0 Å². The molecule has 5 nitrogen and oxygen atoms in total. The molecule has 0 fully saturated rings. The molecule has 0 saturated carbocycles. The number of methoxy groups -OCH3 is 1. The number of para-hydroxylation sites is 1. The lowest BCUT2D eigenvalue weighted by atomic mass is 9.77. The molecule has 3 unspecified atom stereocenters. The van der Waals surface area contributed by atoms with Gasteiger partial charge >= 0.3 is 0 Å². The summed E-state index contributed by atoms with van der Waals surface area (Å²) in [5, 5.41) is 13.7. The smallest absolute Gasteiger partial charge is 0.160 e. The average molecular weight is 430 g/mol. The molecule has 1 aliphatic heterocycles. The van der Waals surface area contributed by atoms with Gasteiger partial charge in [-0.1, -0.05) is 36.4 Å². The zero-order valence-corrected chi connectivity index (χ0v) is 18.0. The molecular weight excluding hydrogens is 402 g/mol. The Morgan fingerprint density at radius 1 is 0.938 bits per heavy atom. The van der Waals surface area contributed by atoms with Gasteiger partial charge in [-0.2, -0.15) is 0 Å². The van der Waals surface area contributed by atoms with E-state index < -0.39 is 0 Å². The normalized spacial score (nSPS) is 20.7. The minimum Gasteiger partial charge on any atom is -0.504 e. The molecule has 5 rings (SSSR count). The molecule has 5 heteroatoms. The predicted molar refractivity (Wildman–Crippen MR) is 125 cm³/mol. The van der Waals surface area contributed by atoms with Gasteiger partial charge in [0.25, 0.3) is 0 Å². The number of nitrogens with one attached hydrogen (secondary N) is 1. The molecule has 0 amide bonds. The van der Waals surface area contributed by atoms with Gasteiger partial charge in [0.15, 0.2) is 11.5 Å². The third kappa shape index (κ3) is 3.98. The molecule has 0 spiro atoms. The van der Waals surface area contributed by atoms with Crippen molar-refractivity contribution in [1.82, 2.24) is 0 Å². The van der Waals surface area contributed by atoms with Crippen molar-refractivity contribution in [2.24, 2.45) is 5.92 Å². The van der Waals surface area contributed by atoms with E-state index in [2.05, 4.69) is 29.6 Å². The zero-order valence-electron chi connectivity index (χ0n) is 18.0. The second-order valence-electron chi connectivity index (χ2n) is 8.17. The highest BCUT2D eigenvalue weighted by atomic mass is 16.5. The number of ether oxygens (including phenoxy) is 3. The van der Waals surface area contributed by atoms with E-state index in [1.165, 1.54) is 5.56 Å². The van der Waals surface area contributed by atoms with E-state index in [1.807, 2.05) is 48.5 Å². The molecule has 0 aromatic heterocycles. The Labute approximate surface area is 188 Å². The second kappa shape index (κ2) is 8.87. The Morgan fingerprint density at radius 3 is 2.56 bits per heavy atom. The number of rotatable bonds is 7. The van der Waals surface area contributed by atoms with Crippen LogP contribution >= 0.6 is 0 Å². The number of benzene rings is 3. The number of anilines is 1. The number of allylic oxidation sites excluding steroid dienone is 2. The second-order valence-corrected chi connectivity index (χ2v) is 8.17. The summed E-state index contributed by atoms with van der Waals surface area (Å²) in [6.07, 6.45) is 5.57. The number of hydrogen-bond donors (Lipinski definition) is 2. The van der Waals surface area contributed by atoms with Crippen LogP contribution in [0.4, 0.5) is 5.69 Å². The summed E-state index contributed by atoms with van der Waals surface area (Å²) in [7, 11) is 1.58. The van der Waals surface area contributed by atoms with Crippen molar-refractivity contribution >= 4 is 5.69 Å². The summed E-state index contributed by atoms with van der Waals surface area (Å²) < 4.78 is 17.0. The van der Waals surface area contributed by atoms with Crippen molar-refractivity contribution in [1.29, 1.82) is 0 Å². The molecule has 164 valence electrons. The molecule has 1 aliphatic carbocycles. The van der Waals surface area contributed by atoms with E-state index in [0.29, 0.717) is 30.8 Å². The van der Waals surface area contributed by atoms with Crippen LogP contribution in [0.25, 0.3) is 0 Å². The molecule has 0 bridgehead atoms. The first-order valence-electron chi connectivity index (χ1n) is 11.0. The maximum Gasteiger partial charge on any atom is 0.160 e. The predicted octanol–water partition coefficient (Wildman–Crippen LogP) is 5.69. The molecule has 3 atom stereocenters. The minimum atomic E-state index is 0.142. The van der Waals surface area contributed by atoms with Gasteiger partial charge in [0, 0.05) is 11.6 Å². The number of aromatic hydroxyl groups is 1. The van der Waals surface area contributed by atoms with Crippen LogP contribution in [0.5, 0.6) is 23.0 Å². The van der Waals surface area contributed by atoms with Crippen LogP contribution in [0.1, 0.15) is 29.5 Å². The van der Waals surface area contributed by atoms with Gasteiger partial charge < -0.3 is 24.6 Å². The Morgan fingerprint density at radius 2 is 1.75 bits per heavy atom. The van der Waals surface area contributed by atoms with Crippen LogP contribution < -0.4 is 19.5 Å². The van der Waals surface area contributed by atoms with Gasteiger partial charge in [0.2, 0.25) is 0 Å². The lowest BCUT2D eigenvalue weighted by Gasteiger charge is -2.37. The average Bonchev–Trinajstić information content (AvgIpc) is 3.33. The summed E-state index contributed by atoms with van der Waals surface area (Å²) in [4.78, 5) is 0. The van der Waals surface area contributed by atoms with E-state index in [9.17, 15) is 5.11 Å². The van der Waals surface area contributed by atoms with Crippen LogP contribution in [0.3, 0.4) is 0 Å². The molecule has 3 aromatic rings. The van der Waals surface area contributed by atoms with Crippen molar-refractivity contribution in [3.8, 4) is 23.0 Å². The molecule has 2 aliphatic rings. The monoisotopic (exact) mass is 429 g/mol. The summed E-state index contributed by atoms with van der Waals surface area (Å²) in [5.41, 5.74) is 3.48. The number of fused-ring (bicyclic) bond motifs is 3. The maximum atomic E-state index is 9.98. The van der Waals surface area contributed by atoms with E-state index in [4.69, 9.17) is 14.2 Å². The van der Waals surface area contributed by atoms with E-state index >= 15 is 0 Å². The van der Waals surface area contributed by atoms with E-state index in [0.717, 1.165) is 29.2 Å². The third-order valence-electron chi connectivity index (χ3n) is 6.26. The molecular formula is C27H27NO4. The fourth-order valence-electron chi connectivity index (χ4n) is 4.72. The molecule has 2 N–H and O–H groups in total. The fourth-order valence-corrected chi connectivity index (χ4v) is 4.72. The highest BCUT2D eigenvalue weighted by Crippen LogP contribution is 2.51. The summed E-state index contributed by atoms with van der Waals surface area (Å²) >= 11 is 0. The van der Waals surface area contributed by atoms with Crippen LogP contribution in [0.2, 0.25) is 0 Å². The van der Waals surface area contributed by atoms with Crippen LogP contribution in [-0.4, -0.2) is 25.4 Å². The van der Waals surface area contributed by atoms with E-state index in [-0.39, 0.29) is 11.8 Å².